The minimum absolute atomic E-state index is 0.0632. The fraction of sp³-hybridized carbons (Fsp3) is 0.343. The lowest BCUT2D eigenvalue weighted by Gasteiger charge is -2.25. The Morgan fingerprint density at radius 2 is 1.72 bits per heavy atom. The summed E-state index contributed by atoms with van der Waals surface area (Å²) >= 11 is 0. The Morgan fingerprint density at radius 1 is 0.936 bits per heavy atom. The normalized spacial score (nSPS) is 14.3. The molecule has 0 saturated carbocycles. The van der Waals surface area contributed by atoms with Crippen molar-refractivity contribution in [2.75, 3.05) is 32.2 Å². The highest BCUT2D eigenvalue weighted by molar-refractivity contribution is 7.91. The third-order valence-corrected chi connectivity index (χ3v) is 9.61. The monoisotopic (exact) mass is 664 g/mol. The highest BCUT2D eigenvalue weighted by Crippen LogP contribution is 2.34. The van der Waals surface area contributed by atoms with Gasteiger partial charge >= 0.3 is 6.09 Å². The number of rotatable bonds is 17. The van der Waals surface area contributed by atoms with Crippen LogP contribution in [-0.2, 0) is 22.7 Å². The number of fused-ring (bicyclic) bond motifs is 1. The molecule has 47 heavy (non-hydrogen) atoms. The maximum Gasteiger partial charge on any atom is 0.413 e. The van der Waals surface area contributed by atoms with Gasteiger partial charge in [-0.15, -0.1) is 0 Å². The number of carbonyl (C=O) groups excluding carboxylic acids is 1. The van der Waals surface area contributed by atoms with Crippen LogP contribution in [0.25, 0.3) is 0 Å². The van der Waals surface area contributed by atoms with Gasteiger partial charge in [0.1, 0.15) is 12.0 Å². The number of furan rings is 1. The van der Waals surface area contributed by atoms with Gasteiger partial charge in [-0.2, -0.15) is 0 Å². The number of aliphatic hydroxyl groups excluding tert-OH is 1. The van der Waals surface area contributed by atoms with E-state index in [1.54, 1.807) is 6.07 Å². The van der Waals surface area contributed by atoms with Crippen molar-refractivity contribution in [2.24, 2.45) is 5.92 Å². The summed E-state index contributed by atoms with van der Waals surface area (Å²) in [5.74, 6) is 1.52. The number of sulfone groups is 1. The van der Waals surface area contributed by atoms with Gasteiger partial charge in [0.2, 0.25) is 6.79 Å². The van der Waals surface area contributed by atoms with Gasteiger partial charge in [0.05, 0.1) is 35.7 Å². The second-order valence-corrected chi connectivity index (χ2v) is 13.5. The summed E-state index contributed by atoms with van der Waals surface area (Å²) in [5.41, 5.74) is 2.14. The molecular weight excluding hydrogens is 624 g/mol. The first kappa shape index (κ1) is 33.8. The first-order chi connectivity index (χ1) is 22.7. The van der Waals surface area contributed by atoms with Crippen LogP contribution in [0.4, 0.5) is 4.79 Å². The van der Waals surface area contributed by atoms with Crippen molar-refractivity contribution in [3.8, 4) is 23.0 Å². The Morgan fingerprint density at radius 3 is 2.49 bits per heavy atom. The van der Waals surface area contributed by atoms with Crippen LogP contribution in [-0.4, -0.2) is 64.0 Å². The fourth-order valence-corrected chi connectivity index (χ4v) is 6.81. The molecule has 3 aromatic carbocycles. The van der Waals surface area contributed by atoms with Gasteiger partial charge in [-0.1, -0.05) is 49.4 Å². The lowest BCUT2D eigenvalue weighted by molar-refractivity contribution is 0.119. The summed E-state index contributed by atoms with van der Waals surface area (Å²) in [4.78, 5) is 12.8. The molecule has 0 bridgehead atoms. The van der Waals surface area contributed by atoms with E-state index in [2.05, 4.69) is 22.8 Å². The van der Waals surface area contributed by atoms with Crippen molar-refractivity contribution in [3.63, 3.8) is 0 Å². The molecule has 0 fully saturated rings. The van der Waals surface area contributed by atoms with Crippen molar-refractivity contribution < 1.29 is 41.7 Å². The number of aryl methyl sites for hydroxylation is 1. The van der Waals surface area contributed by atoms with Crippen molar-refractivity contribution in [2.45, 2.75) is 43.2 Å². The molecular formula is C35H40N2O9S. The van der Waals surface area contributed by atoms with Gasteiger partial charge in [-0.3, -0.25) is 0 Å². The minimum Gasteiger partial charge on any atom is -0.494 e. The van der Waals surface area contributed by atoms with Crippen LogP contribution in [0.3, 0.4) is 0 Å². The van der Waals surface area contributed by atoms with E-state index < -0.39 is 28.1 Å². The van der Waals surface area contributed by atoms with Gasteiger partial charge in [0.25, 0.3) is 0 Å². The molecule has 0 aliphatic carbocycles. The smallest absolute Gasteiger partial charge is 0.413 e. The molecule has 250 valence electrons. The van der Waals surface area contributed by atoms with Gasteiger partial charge in [-0.05, 0) is 67.1 Å². The highest BCUT2D eigenvalue weighted by Gasteiger charge is 2.25. The van der Waals surface area contributed by atoms with Gasteiger partial charge in [0, 0.05) is 18.7 Å². The van der Waals surface area contributed by atoms with Gasteiger partial charge in [-0.25, -0.2) is 13.2 Å². The minimum atomic E-state index is -3.58. The van der Waals surface area contributed by atoms with E-state index in [4.69, 9.17) is 23.4 Å². The van der Waals surface area contributed by atoms with Crippen LogP contribution in [0.1, 0.15) is 24.5 Å². The molecule has 1 aromatic heterocycles. The van der Waals surface area contributed by atoms with Crippen LogP contribution in [0.15, 0.2) is 101 Å². The van der Waals surface area contributed by atoms with Gasteiger partial charge in [0.15, 0.2) is 27.1 Å². The van der Waals surface area contributed by atoms with Crippen molar-refractivity contribution >= 4 is 15.9 Å². The Kier molecular flexibility index (Phi) is 11.8. The average Bonchev–Trinajstić information content (AvgIpc) is 3.76. The van der Waals surface area contributed by atoms with Crippen LogP contribution in [0.2, 0.25) is 0 Å². The number of hydrogen-bond donors (Lipinski definition) is 3. The maximum absolute atomic E-state index is 13.0. The van der Waals surface area contributed by atoms with E-state index >= 15 is 0 Å². The molecule has 0 radical (unpaired) electrons. The third-order valence-electron chi connectivity index (χ3n) is 7.63. The molecule has 1 unspecified atom stereocenters. The van der Waals surface area contributed by atoms with Crippen molar-refractivity contribution in [3.05, 3.63) is 103 Å². The first-order valence-corrected chi connectivity index (χ1v) is 17.2. The number of benzene rings is 3. The molecule has 1 amide bonds. The molecule has 0 spiro atoms. The van der Waals surface area contributed by atoms with Crippen LogP contribution in [0.5, 0.6) is 23.0 Å². The number of aliphatic hydroxyl groups is 1. The standard InChI is InChI=1S/C35H40N2O9S/c1-25(23-47(40,41)30-13-14-33-34(19-30)45-24-44-33)20-36-21-32(38)31(37-35(39)46-29-15-17-42-22-29)18-27-9-11-28(12-10-27)43-16-5-8-26-6-3-2-4-7-26/h2-4,6-7,9-15,17,19,22,25,31-32,36,38H,5,8,16,18,20-21,23-24H2,1H3,(H,37,39)/t25?,31-,32+/m0/s1. The molecule has 2 heterocycles. The predicted octanol–water partition coefficient (Wildman–Crippen LogP) is 4.78. The van der Waals surface area contributed by atoms with Crippen LogP contribution >= 0.6 is 0 Å². The largest absolute Gasteiger partial charge is 0.494 e. The Labute approximate surface area is 274 Å². The van der Waals surface area contributed by atoms with Gasteiger partial charge < -0.3 is 39.1 Å². The second-order valence-electron chi connectivity index (χ2n) is 11.5. The number of nitrogens with one attached hydrogen (secondary N) is 2. The van der Waals surface area contributed by atoms with Crippen molar-refractivity contribution in [1.29, 1.82) is 0 Å². The predicted molar refractivity (Wildman–Crippen MR) is 175 cm³/mol. The molecule has 0 saturated heterocycles. The number of amides is 1. The topological polar surface area (TPSA) is 146 Å². The summed E-state index contributed by atoms with van der Waals surface area (Å²) in [7, 11) is -3.58. The summed E-state index contributed by atoms with van der Waals surface area (Å²) in [6.07, 6.45) is 3.06. The maximum atomic E-state index is 13.0. The summed E-state index contributed by atoms with van der Waals surface area (Å²) < 4.78 is 52.7. The Balaban J connectivity index is 1.12. The Bertz CT molecular complexity index is 1660. The summed E-state index contributed by atoms with van der Waals surface area (Å²) in [6.45, 7) is 2.89. The zero-order valence-electron chi connectivity index (χ0n) is 26.2. The summed E-state index contributed by atoms with van der Waals surface area (Å²) in [6, 6.07) is 23.1. The van der Waals surface area contributed by atoms with E-state index in [9.17, 15) is 18.3 Å². The molecule has 3 atom stereocenters. The average molecular weight is 665 g/mol. The molecule has 1 aliphatic heterocycles. The van der Waals surface area contributed by atoms with Crippen LogP contribution in [0, 0.1) is 5.92 Å². The highest BCUT2D eigenvalue weighted by atomic mass is 32.2. The Hall–Kier alpha value is -4.52. The molecule has 4 aromatic rings. The third kappa shape index (κ3) is 10.2. The zero-order valence-corrected chi connectivity index (χ0v) is 27.0. The number of carbonyl (C=O) groups is 1. The van der Waals surface area contributed by atoms with E-state index in [1.165, 1.54) is 36.3 Å². The van der Waals surface area contributed by atoms with Crippen LogP contribution < -0.4 is 29.6 Å². The molecule has 11 nitrogen and oxygen atoms in total. The molecule has 5 rings (SSSR count). The fourth-order valence-electron chi connectivity index (χ4n) is 5.19. The SMILES string of the molecule is CC(CNC[C@@H](O)[C@H](Cc1ccc(OCCCc2ccccc2)cc1)NC(=O)Oc1ccoc1)CS(=O)(=O)c1ccc2c(c1)OCO2. The van der Waals surface area contributed by atoms with E-state index in [-0.39, 0.29) is 35.7 Å². The molecule has 3 N–H and O–H groups in total. The lowest BCUT2D eigenvalue weighted by Crippen LogP contribution is -2.50. The molecule has 12 heteroatoms. The van der Waals surface area contributed by atoms with E-state index in [0.29, 0.717) is 31.1 Å². The second kappa shape index (κ2) is 16.3. The zero-order chi connectivity index (χ0) is 33.1. The first-order valence-electron chi connectivity index (χ1n) is 15.5. The number of ether oxygens (including phenoxy) is 4. The summed E-state index contributed by atoms with van der Waals surface area (Å²) in [5, 5.41) is 17.0. The van der Waals surface area contributed by atoms with E-state index in [1.807, 2.05) is 49.4 Å². The number of hydrogen-bond acceptors (Lipinski definition) is 10. The lowest BCUT2D eigenvalue weighted by atomic mass is 10.0. The van der Waals surface area contributed by atoms with Crippen molar-refractivity contribution in [1.82, 2.24) is 10.6 Å². The van der Waals surface area contributed by atoms with E-state index in [0.717, 1.165) is 24.2 Å². The quantitative estimate of drug-likeness (QED) is 0.135. The molecule has 1 aliphatic rings.